The first-order valence-electron chi connectivity index (χ1n) is 5.93. The Morgan fingerprint density at radius 3 is 2.75 bits per heavy atom. The maximum absolute atomic E-state index is 9.60. The Morgan fingerprint density at radius 1 is 1.31 bits per heavy atom. The van der Waals surface area contributed by atoms with Crippen LogP contribution in [-0.2, 0) is 0 Å². The molecule has 2 rings (SSSR count). The first-order chi connectivity index (χ1) is 7.86. The van der Waals surface area contributed by atoms with E-state index in [1.807, 2.05) is 30.3 Å². The maximum atomic E-state index is 9.60. The zero-order chi connectivity index (χ0) is 11.2. The Bertz CT molecular complexity index is 298. The molecule has 0 spiro atoms. The number of aliphatic hydroxyl groups is 1. The molecule has 1 unspecified atom stereocenters. The van der Waals surface area contributed by atoms with Gasteiger partial charge in [-0.2, -0.15) is 0 Å². The average Bonchev–Trinajstić information content (AvgIpc) is 3.13. The quantitative estimate of drug-likeness (QED) is 0.684. The second kappa shape index (κ2) is 5.87. The summed E-state index contributed by atoms with van der Waals surface area (Å²) in [5, 5.41) is 12.8. The molecule has 1 atom stereocenters. The predicted octanol–water partition coefficient (Wildman–Crippen LogP) is 1.43. The summed E-state index contributed by atoms with van der Waals surface area (Å²) in [4.78, 5) is 0. The summed E-state index contributed by atoms with van der Waals surface area (Å²) in [6, 6.07) is 9.77. The number of para-hydroxylation sites is 1. The molecular formula is C13H19NO2. The molecule has 0 aromatic heterocycles. The number of hydrogen-bond acceptors (Lipinski definition) is 3. The third kappa shape index (κ3) is 3.83. The van der Waals surface area contributed by atoms with Crippen LogP contribution >= 0.6 is 0 Å². The SMILES string of the molecule is OC(CNCCOc1ccccc1)C1CC1. The molecule has 0 saturated heterocycles. The van der Waals surface area contributed by atoms with Gasteiger partial charge in [0.2, 0.25) is 0 Å². The van der Waals surface area contributed by atoms with Crippen LogP contribution in [0, 0.1) is 5.92 Å². The molecule has 1 aromatic rings. The van der Waals surface area contributed by atoms with Gasteiger partial charge in [0.1, 0.15) is 12.4 Å². The zero-order valence-corrected chi connectivity index (χ0v) is 9.43. The Morgan fingerprint density at radius 2 is 2.06 bits per heavy atom. The van der Waals surface area contributed by atoms with Crippen molar-refractivity contribution in [2.24, 2.45) is 5.92 Å². The molecule has 2 N–H and O–H groups in total. The van der Waals surface area contributed by atoms with Crippen LogP contribution in [0.5, 0.6) is 5.75 Å². The van der Waals surface area contributed by atoms with Crippen molar-refractivity contribution >= 4 is 0 Å². The molecule has 0 bridgehead atoms. The zero-order valence-electron chi connectivity index (χ0n) is 9.43. The first-order valence-corrected chi connectivity index (χ1v) is 5.93. The molecule has 16 heavy (non-hydrogen) atoms. The lowest BCUT2D eigenvalue weighted by Gasteiger charge is -2.11. The van der Waals surface area contributed by atoms with Crippen molar-refractivity contribution in [1.82, 2.24) is 5.32 Å². The van der Waals surface area contributed by atoms with Crippen molar-refractivity contribution in [3.05, 3.63) is 30.3 Å². The molecule has 1 aliphatic carbocycles. The highest BCUT2D eigenvalue weighted by Gasteiger charge is 2.28. The second-order valence-electron chi connectivity index (χ2n) is 4.27. The smallest absolute Gasteiger partial charge is 0.119 e. The highest BCUT2D eigenvalue weighted by atomic mass is 16.5. The monoisotopic (exact) mass is 221 g/mol. The minimum atomic E-state index is -0.170. The summed E-state index contributed by atoms with van der Waals surface area (Å²) in [5.74, 6) is 1.44. The van der Waals surface area contributed by atoms with E-state index in [2.05, 4.69) is 5.32 Å². The highest BCUT2D eigenvalue weighted by molar-refractivity contribution is 5.20. The minimum Gasteiger partial charge on any atom is -0.492 e. The summed E-state index contributed by atoms with van der Waals surface area (Å²) in [5.41, 5.74) is 0. The molecule has 3 nitrogen and oxygen atoms in total. The van der Waals surface area contributed by atoms with Crippen LogP contribution in [0.2, 0.25) is 0 Å². The summed E-state index contributed by atoms with van der Waals surface area (Å²) < 4.78 is 5.52. The van der Waals surface area contributed by atoms with E-state index in [4.69, 9.17) is 4.74 Å². The van der Waals surface area contributed by atoms with E-state index >= 15 is 0 Å². The van der Waals surface area contributed by atoms with Gasteiger partial charge in [0.15, 0.2) is 0 Å². The van der Waals surface area contributed by atoms with Gasteiger partial charge in [-0.15, -0.1) is 0 Å². The molecule has 0 radical (unpaired) electrons. The van der Waals surface area contributed by atoms with Gasteiger partial charge in [-0.25, -0.2) is 0 Å². The minimum absolute atomic E-state index is 0.170. The third-order valence-corrected chi connectivity index (χ3v) is 2.81. The fourth-order valence-electron chi connectivity index (χ4n) is 1.66. The molecular weight excluding hydrogens is 202 g/mol. The molecule has 88 valence electrons. The van der Waals surface area contributed by atoms with E-state index < -0.39 is 0 Å². The first kappa shape index (κ1) is 11.4. The predicted molar refractivity (Wildman–Crippen MR) is 63.5 cm³/mol. The van der Waals surface area contributed by atoms with Crippen LogP contribution in [-0.4, -0.2) is 30.9 Å². The summed E-state index contributed by atoms with van der Waals surface area (Å²) in [6.45, 7) is 2.10. The highest BCUT2D eigenvalue weighted by Crippen LogP contribution is 2.32. The summed E-state index contributed by atoms with van der Waals surface area (Å²) in [7, 11) is 0. The molecule has 1 fully saturated rings. The van der Waals surface area contributed by atoms with Gasteiger partial charge < -0.3 is 15.2 Å². The third-order valence-electron chi connectivity index (χ3n) is 2.81. The molecule has 1 aromatic carbocycles. The average molecular weight is 221 g/mol. The molecule has 3 heteroatoms. The van der Waals surface area contributed by atoms with E-state index in [9.17, 15) is 5.11 Å². The van der Waals surface area contributed by atoms with E-state index in [0.29, 0.717) is 19.1 Å². The van der Waals surface area contributed by atoms with Gasteiger partial charge in [0, 0.05) is 13.1 Å². The van der Waals surface area contributed by atoms with Crippen molar-refractivity contribution in [2.75, 3.05) is 19.7 Å². The van der Waals surface area contributed by atoms with Crippen molar-refractivity contribution in [3.8, 4) is 5.75 Å². The van der Waals surface area contributed by atoms with Crippen LogP contribution in [0.4, 0.5) is 0 Å². The number of benzene rings is 1. The van der Waals surface area contributed by atoms with Crippen LogP contribution in [0.25, 0.3) is 0 Å². The molecule has 0 amide bonds. The Kier molecular flexibility index (Phi) is 4.19. The van der Waals surface area contributed by atoms with E-state index in [0.717, 1.165) is 12.3 Å². The number of ether oxygens (including phenoxy) is 1. The van der Waals surface area contributed by atoms with Crippen molar-refractivity contribution in [1.29, 1.82) is 0 Å². The normalized spacial score (nSPS) is 17.1. The lowest BCUT2D eigenvalue weighted by Crippen LogP contribution is -2.31. The van der Waals surface area contributed by atoms with Crippen LogP contribution in [0.1, 0.15) is 12.8 Å². The number of aliphatic hydroxyl groups excluding tert-OH is 1. The van der Waals surface area contributed by atoms with Gasteiger partial charge >= 0.3 is 0 Å². The van der Waals surface area contributed by atoms with Crippen LogP contribution in [0.15, 0.2) is 30.3 Å². The standard InChI is InChI=1S/C13H19NO2/c15-13(11-6-7-11)10-14-8-9-16-12-4-2-1-3-5-12/h1-5,11,13-15H,6-10H2. The Balaban J connectivity index is 1.52. The summed E-state index contributed by atoms with van der Waals surface area (Å²) in [6.07, 6.45) is 2.20. The van der Waals surface area contributed by atoms with E-state index in [1.165, 1.54) is 12.8 Å². The summed E-state index contributed by atoms with van der Waals surface area (Å²) >= 11 is 0. The second-order valence-corrected chi connectivity index (χ2v) is 4.27. The number of rotatable bonds is 7. The van der Waals surface area contributed by atoms with Gasteiger partial charge in [0.05, 0.1) is 6.10 Å². The number of nitrogens with one attached hydrogen (secondary N) is 1. The molecule has 0 aliphatic heterocycles. The van der Waals surface area contributed by atoms with Crippen LogP contribution in [0.3, 0.4) is 0 Å². The molecule has 1 saturated carbocycles. The van der Waals surface area contributed by atoms with Crippen molar-refractivity contribution in [2.45, 2.75) is 18.9 Å². The molecule has 0 heterocycles. The van der Waals surface area contributed by atoms with Crippen molar-refractivity contribution in [3.63, 3.8) is 0 Å². The lowest BCUT2D eigenvalue weighted by atomic mass is 10.2. The topological polar surface area (TPSA) is 41.5 Å². The fraction of sp³-hybridized carbons (Fsp3) is 0.538. The lowest BCUT2D eigenvalue weighted by molar-refractivity contribution is 0.147. The van der Waals surface area contributed by atoms with Crippen LogP contribution < -0.4 is 10.1 Å². The Labute approximate surface area is 96.4 Å². The largest absolute Gasteiger partial charge is 0.492 e. The molecule has 1 aliphatic rings. The van der Waals surface area contributed by atoms with E-state index in [-0.39, 0.29) is 6.10 Å². The fourth-order valence-corrected chi connectivity index (χ4v) is 1.66. The van der Waals surface area contributed by atoms with Crippen molar-refractivity contribution < 1.29 is 9.84 Å². The maximum Gasteiger partial charge on any atom is 0.119 e. The number of hydrogen-bond donors (Lipinski definition) is 2. The van der Waals surface area contributed by atoms with Gasteiger partial charge in [-0.3, -0.25) is 0 Å². The van der Waals surface area contributed by atoms with Gasteiger partial charge in [-0.1, -0.05) is 18.2 Å². The van der Waals surface area contributed by atoms with E-state index in [1.54, 1.807) is 0 Å². The van der Waals surface area contributed by atoms with Gasteiger partial charge in [0.25, 0.3) is 0 Å². The van der Waals surface area contributed by atoms with Gasteiger partial charge in [-0.05, 0) is 30.9 Å². The Hall–Kier alpha value is -1.06.